The average molecular weight is 252 g/mol. The monoisotopic (exact) mass is 252 g/mol. The Labute approximate surface area is 110 Å². The molecule has 0 saturated heterocycles. The van der Waals surface area contributed by atoms with Gasteiger partial charge in [0.05, 0.1) is 6.10 Å². The van der Waals surface area contributed by atoms with E-state index in [1.807, 2.05) is 12.1 Å². The van der Waals surface area contributed by atoms with Crippen LogP contribution >= 0.6 is 0 Å². The minimum atomic E-state index is -0.171. The van der Waals surface area contributed by atoms with Crippen molar-refractivity contribution in [1.29, 1.82) is 0 Å². The van der Waals surface area contributed by atoms with Crippen LogP contribution in [0.2, 0.25) is 0 Å². The lowest BCUT2D eigenvalue weighted by atomic mass is 10.00. The Morgan fingerprint density at radius 3 is 2.33 bits per heavy atom. The third-order valence-electron chi connectivity index (χ3n) is 3.16. The Hall–Kier alpha value is -0.890. The van der Waals surface area contributed by atoms with E-state index in [0.717, 1.165) is 38.5 Å². The zero-order valence-electron chi connectivity index (χ0n) is 11.5. The molecule has 0 radical (unpaired) electrons. The van der Waals surface area contributed by atoms with E-state index in [1.165, 1.54) is 17.7 Å². The molecule has 0 spiro atoms. The lowest BCUT2D eigenvalue weighted by molar-refractivity contribution is 0.136. The molecule has 1 rings (SSSR count). The first-order valence-electron chi connectivity index (χ1n) is 7.00. The van der Waals surface area contributed by atoms with Crippen LogP contribution in [-0.4, -0.2) is 11.2 Å². The number of aryl methyl sites for hydroxylation is 1. The maximum absolute atomic E-state index is 12.7. The summed E-state index contributed by atoms with van der Waals surface area (Å²) >= 11 is 0. The zero-order chi connectivity index (χ0) is 13.4. The molecule has 0 aliphatic rings. The molecule has 1 nitrogen and oxygen atoms in total. The van der Waals surface area contributed by atoms with Gasteiger partial charge in [0.1, 0.15) is 5.82 Å². The molecule has 102 valence electrons. The van der Waals surface area contributed by atoms with E-state index in [-0.39, 0.29) is 11.9 Å². The van der Waals surface area contributed by atoms with Gasteiger partial charge < -0.3 is 5.11 Å². The van der Waals surface area contributed by atoms with Crippen LogP contribution < -0.4 is 0 Å². The number of hydrogen-bond acceptors (Lipinski definition) is 1. The summed E-state index contributed by atoms with van der Waals surface area (Å²) in [4.78, 5) is 0. The molecule has 0 heterocycles. The average Bonchev–Trinajstić information content (AvgIpc) is 2.30. The highest BCUT2D eigenvalue weighted by Crippen LogP contribution is 2.13. The van der Waals surface area contributed by atoms with Gasteiger partial charge in [-0.3, -0.25) is 0 Å². The van der Waals surface area contributed by atoms with Crippen molar-refractivity contribution in [3.8, 4) is 0 Å². The molecule has 2 heteroatoms. The van der Waals surface area contributed by atoms with Gasteiger partial charge in [0, 0.05) is 0 Å². The molecule has 0 bridgehead atoms. The quantitative estimate of drug-likeness (QED) is 0.682. The summed E-state index contributed by atoms with van der Waals surface area (Å²) in [6.07, 6.45) is 5.98. The predicted molar refractivity (Wildman–Crippen MR) is 74.0 cm³/mol. The molecular weight excluding hydrogens is 227 g/mol. The molecule has 0 aliphatic carbocycles. The fourth-order valence-electron chi connectivity index (χ4n) is 2.20. The molecule has 18 heavy (non-hydrogen) atoms. The maximum Gasteiger partial charge on any atom is 0.123 e. The first kappa shape index (κ1) is 15.2. The lowest BCUT2D eigenvalue weighted by Crippen LogP contribution is -2.09. The normalized spacial score (nSPS) is 12.9. The highest BCUT2D eigenvalue weighted by atomic mass is 19.1. The van der Waals surface area contributed by atoms with Crippen LogP contribution in [-0.2, 0) is 6.42 Å². The SMILES string of the molecule is CC(C)CC(O)CCCCCc1ccc(F)cc1. The highest BCUT2D eigenvalue weighted by Gasteiger charge is 2.06. The summed E-state index contributed by atoms with van der Waals surface area (Å²) in [7, 11) is 0. The van der Waals surface area contributed by atoms with Crippen LogP contribution in [0.4, 0.5) is 4.39 Å². The van der Waals surface area contributed by atoms with Crippen LogP contribution in [0.3, 0.4) is 0 Å². The van der Waals surface area contributed by atoms with Crippen LogP contribution in [0.15, 0.2) is 24.3 Å². The van der Waals surface area contributed by atoms with E-state index >= 15 is 0 Å². The molecule has 0 fully saturated rings. The van der Waals surface area contributed by atoms with Crippen molar-refractivity contribution in [3.63, 3.8) is 0 Å². The van der Waals surface area contributed by atoms with Crippen LogP contribution in [0.1, 0.15) is 51.5 Å². The van der Waals surface area contributed by atoms with Crippen LogP contribution in [0.5, 0.6) is 0 Å². The summed E-state index contributed by atoms with van der Waals surface area (Å²) in [5, 5.41) is 9.72. The van der Waals surface area contributed by atoms with E-state index in [0.29, 0.717) is 5.92 Å². The third-order valence-corrected chi connectivity index (χ3v) is 3.16. The van der Waals surface area contributed by atoms with Crippen molar-refractivity contribution in [2.75, 3.05) is 0 Å². The molecule has 0 aromatic heterocycles. The second kappa shape index (κ2) is 8.25. The van der Waals surface area contributed by atoms with Gasteiger partial charge in [-0.1, -0.05) is 38.8 Å². The number of rotatable bonds is 8. The molecular formula is C16H25FO. The van der Waals surface area contributed by atoms with Gasteiger partial charge in [0.2, 0.25) is 0 Å². The van der Waals surface area contributed by atoms with Crippen LogP contribution in [0.25, 0.3) is 0 Å². The minimum absolute atomic E-state index is 0.143. The van der Waals surface area contributed by atoms with Gasteiger partial charge in [-0.2, -0.15) is 0 Å². The lowest BCUT2D eigenvalue weighted by Gasteiger charge is -2.12. The number of benzene rings is 1. The standard InChI is InChI=1S/C16H25FO/c1-13(2)12-16(18)7-5-3-4-6-14-8-10-15(17)11-9-14/h8-11,13,16,18H,3-7,12H2,1-2H3. The highest BCUT2D eigenvalue weighted by molar-refractivity contribution is 5.15. The Kier molecular flexibility index (Phi) is 6.96. The summed E-state index contributed by atoms with van der Waals surface area (Å²) in [5.41, 5.74) is 1.19. The number of hydrogen-bond donors (Lipinski definition) is 1. The molecule has 1 atom stereocenters. The van der Waals surface area contributed by atoms with E-state index in [4.69, 9.17) is 0 Å². The summed E-state index contributed by atoms with van der Waals surface area (Å²) in [6.45, 7) is 4.27. The van der Waals surface area contributed by atoms with E-state index < -0.39 is 0 Å². The first-order valence-corrected chi connectivity index (χ1v) is 7.00. The summed E-state index contributed by atoms with van der Waals surface area (Å²) < 4.78 is 12.7. The van der Waals surface area contributed by atoms with E-state index in [2.05, 4.69) is 13.8 Å². The fraction of sp³-hybridized carbons (Fsp3) is 0.625. The second-order valence-corrected chi connectivity index (χ2v) is 5.51. The van der Waals surface area contributed by atoms with Gasteiger partial charge in [0.25, 0.3) is 0 Å². The molecule has 1 aromatic carbocycles. The Morgan fingerprint density at radius 2 is 1.72 bits per heavy atom. The molecule has 0 aliphatic heterocycles. The second-order valence-electron chi connectivity index (χ2n) is 5.51. The number of halogens is 1. The molecule has 1 N–H and O–H groups in total. The number of unbranched alkanes of at least 4 members (excludes halogenated alkanes) is 2. The fourth-order valence-corrected chi connectivity index (χ4v) is 2.20. The van der Waals surface area contributed by atoms with Crippen molar-refractivity contribution in [2.24, 2.45) is 5.92 Å². The number of aliphatic hydroxyl groups is 1. The van der Waals surface area contributed by atoms with Gasteiger partial charge in [-0.15, -0.1) is 0 Å². The van der Waals surface area contributed by atoms with Crippen molar-refractivity contribution in [2.45, 2.75) is 58.5 Å². The molecule has 1 unspecified atom stereocenters. The molecule has 0 saturated carbocycles. The van der Waals surface area contributed by atoms with Crippen molar-refractivity contribution in [1.82, 2.24) is 0 Å². The van der Waals surface area contributed by atoms with Gasteiger partial charge in [0.15, 0.2) is 0 Å². The third kappa shape index (κ3) is 6.75. The smallest absolute Gasteiger partial charge is 0.123 e. The van der Waals surface area contributed by atoms with Crippen molar-refractivity contribution < 1.29 is 9.50 Å². The predicted octanol–water partition coefficient (Wildman–Crippen LogP) is 4.34. The van der Waals surface area contributed by atoms with Crippen molar-refractivity contribution >= 4 is 0 Å². The van der Waals surface area contributed by atoms with E-state index in [1.54, 1.807) is 0 Å². The minimum Gasteiger partial charge on any atom is -0.393 e. The van der Waals surface area contributed by atoms with Gasteiger partial charge in [-0.05, 0) is 49.3 Å². The zero-order valence-corrected chi connectivity index (χ0v) is 11.5. The largest absolute Gasteiger partial charge is 0.393 e. The molecule has 0 amide bonds. The summed E-state index contributed by atoms with van der Waals surface area (Å²) in [6, 6.07) is 6.73. The number of aliphatic hydroxyl groups excluding tert-OH is 1. The first-order chi connectivity index (χ1) is 8.58. The van der Waals surface area contributed by atoms with Crippen molar-refractivity contribution in [3.05, 3.63) is 35.6 Å². The summed E-state index contributed by atoms with van der Waals surface area (Å²) in [5.74, 6) is 0.398. The Morgan fingerprint density at radius 1 is 1.06 bits per heavy atom. The Bertz CT molecular complexity index is 318. The van der Waals surface area contributed by atoms with E-state index in [9.17, 15) is 9.50 Å². The topological polar surface area (TPSA) is 20.2 Å². The van der Waals surface area contributed by atoms with Crippen LogP contribution in [0, 0.1) is 11.7 Å². The molecule has 1 aromatic rings. The van der Waals surface area contributed by atoms with Gasteiger partial charge in [-0.25, -0.2) is 4.39 Å². The van der Waals surface area contributed by atoms with Gasteiger partial charge >= 0.3 is 0 Å². The Balaban J connectivity index is 2.06. The maximum atomic E-state index is 12.7.